The number of piperazine rings is 1. The first kappa shape index (κ1) is 25.1. The number of nitrogens with zero attached hydrogens (tertiary/aromatic N) is 4. The first-order chi connectivity index (χ1) is 13.0. The minimum atomic E-state index is 0. The molecule has 0 aliphatic carbocycles. The van der Waals surface area contributed by atoms with Crippen LogP contribution in [0.15, 0.2) is 11.2 Å². The number of aromatic nitrogens is 1. The van der Waals surface area contributed by atoms with E-state index in [1.54, 1.807) is 11.3 Å². The maximum atomic E-state index is 11.9. The number of aryl methyl sites for hydroxylation is 1. The number of nitrogens with one attached hydrogen (secondary N) is 2. The molecule has 0 atom stereocenters. The molecular weight excluding hydrogens is 487 g/mol. The van der Waals surface area contributed by atoms with Gasteiger partial charge in [-0.15, -0.1) is 35.3 Å². The number of rotatable bonds is 8. The van der Waals surface area contributed by atoms with Crippen LogP contribution in [0.4, 0.5) is 0 Å². The fourth-order valence-corrected chi connectivity index (χ4v) is 3.85. The van der Waals surface area contributed by atoms with Crippen molar-refractivity contribution < 1.29 is 4.79 Å². The second-order valence-electron chi connectivity index (χ2n) is 7.04. The van der Waals surface area contributed by atoms with Crippen LogP contribution in [0.2, 0.25) is 0 Å². The van der Waals surface area contributed by atoms with Crippen molar-refractivity contribution in [2.24, 2.45) is 4.99 Å². The van der Waals surface area contributed by atoms with Crippen LogP contribution in [0.1, 0.15) is 37.6 Å². The van der Waals surface area contributed by atoms with Gasteiger partial charge in [0.2, 0.25) is 5.91 Å². The summed E-state index contributed by atoms with van der Waals surface area (Å²) >= 11 is 1.78. The fraction of sp³-hybridized carbons (Fsp3) is 0.737. The molecule has 0 bridgehead atoms. The van der Waals surface area contributed by atoms with Crippen LogP contribution in [0.25, 0.3) is 0 Å². The number of aliphatic imine (C=N–C) groups is 1. The molecule has 0 unspecified atom stereocenters. The molecular formula is C19H35IN6OS. The summed E-state index contributed by atoms with van der Waals surface area (Å²) < 4.78 is 0. The maximum absolute atomic E-state index is 11.9. The highest BCUT2D eigenvalue weighted by atomic mass is 127. The molecule has 1 aliphatic rings. The molecule has 2 N–H and O–H groups in total. The zero-order chi connectivity index (χ0) is 19.6. The lowest BCUT2D eigenvalue weighted by molar-refractivity contribution is -0.123. The van der Waals surface area contributed by atoms with Gasteiger partial charge >= 0.3 is 0 Å². The van der Waals surface area contributed by atoms with Crippen molar-refractivity contribution in [2.75, 3.05) is 45.8 Å². The summed E-state index contributed by atoms with van der Waals surface area (Å²) in [5.74, 6) is 1.07. The van der Waals surface area contributed by atoms with Crippen molar-refractivity contribution in [3.8, 4) is 0 Å². The molecule has 1 saturated heterocycles. The Labute approximate surface area is 190 Å². The quantitative estimate of drug-likeness (QED) is 0.311. The number of hydrogen-bond donors (Lipinski definition) is 2. The Kier molecular flexibility index (Phi) is 11.9. The van der Waals surface area contributed by atoms with E-state index in [2.05, 4.69) is 39.3 Å². The van der Waals surface area contributed by atoms with Crippen LogP contribution in [0.3, 0.4) is 0 Å². The van der Waals surface area contributed by atoms with E-state index in [4.69, 9.17) is 4.99 Å². The number of thiazole rings is 1. The molecule has 0 radical (unpaired) electrons. The molecule has 0 spiro atoms. The Balaban J connectivity index is 0.00000392. The highest BCUT2D eigenvalue weighted by Gasteiger charge is 2.21. The van der Waals surface area contributed by atoms with Crippen molar-refractivity contribution in [1.82, 2.24) is 25.4 Å². The van der Waals surface area contributed by atoms with Gasteiger partial charge in [0, 0.05) is 62.8 Å². The zero-order valence-corrected chi connectivity index (χ0v) is 20.7. The Morgan fingerprint density at radius 2 is 2.00 bits per heavy atom. The second kappa shape index (κ2) is 13.3. The first-order valence-electron chi connectivity index (χ1n) is 10.00. The summed E-state index contributed by atoms with van der Waals surface area (Å²) in [4.78, 5) is 27.0. The Bertz CT molecular complexity index is 613. The van der Waals surface area contributed by atoms with Crippen LogP contribution >= 0.6 is 35.3 Å². The topological polar surface area (TPSA) is 72.9 Å². The third kappa shape index (κ3) is 8.60. The van der Waals surface area contributed by atoms with Gasteiger partial charge in [-0.1, -0.05) is 6.92 Å². The van der Waals surface area contributed by atoms with E-state index in [-0.39, 0.29) is 35.9 Å². The largest absolute Gasteiger partial charge is 0.357 e. The monoisotopic (exact) mass is 522 g/mol. The molecule has 1 fully saturated rings. The summed E-state index contributed by atoms with van der Waals surface area (Å²) in [6.07, 6.45) is 3.90. The minimum Gasteiger partial charge on any atom is -0.357 e. The summed E-state index contributed by atoms with van der Waals surface area (Å²) in [5.41, 5.74) is 0. The highest BCUT2D eigenvalue weighted by molar-refractivity contribution is 14.0. The predicted molar refractivity (Wildman–Crippen MR) is 128 cm³/mol. The average Bonchev–Trinajstić information content (AvgIpc) is 3.09. The van der Waals surface area contributed by atoms with Gasteiger partial charge in [0.15, 0.2) is 5.96 Å². The summed E-state index contributed by atoms with van der Waals surface area (Å²) in [6, 6.07) is 0.192. The van der Waals surface area contributed by atoms with Gasteiger partial charge in [-0.2, -0.15) is 0 Å². The average molecular weight is 523 g/mol. The highest BCUT2D eigenvalue weighted by Crippen LogP contribution is 2.13. The van der Waals surface area contributed by atoms with Gasteiger partial charge in [0.25, 0.3) is 0 Å². The fourth-order valence-electron chi connectivity index (χ4n) is 3.00. The summed E-state index contributed by atoms with van der Waals surface area (Å²) in [7, 11) is 0. The predicted octanol–water partition coefficient (Wildman–Crippen LogP) is 1.97. The van der Waals surface area contributed by atoms with Crippen molar-refractivity contribution in [3.63, 3.8) is 0 Å². The lowest BCUT2D eigenvalue weighted by Crippen LogP contribution is -2.54. The molecule has 1 aliphatic heterocycles. The summed E-state index contributed by atoms with van der Waals surface area (Å²) in [5, 5.41) is 7.52. The molecule has 1 aromatic rings. The van der Waals surface area contributed by atoms with Crippen molar-refractivity contribution >= 4 is 47.2 Å². The number of guanidine groups is 1. The van der Waals surface area contributed by atoms with Gasteiger partial charge in [-0.3, -0.25) is 14.7 Å². The lowest BCUT2D eigenvalue weighted by atomic mass is 10.3. The van der Waals surface area contributed by atoms with Crippen molar-refractivity contribution in [3.05, 3.63) is 16.1 Å². The SMILES string of the molecule is CCNC(=NCCc1ncc(CC)s1)N1CCN(CC(=O)NC(C)C)CC1.I. The summed E-state index contributed by atoms with van der Waals surface area (Å²) in [6.45, 7) is 13.8. The van der Waals surface area contributed by atoms with Gasteiger partial charge in [-0.05, 0) is 27.2 Å². The van der Waals surface area contributed by atoms with Crippen LogP contribution in [0, 0.1) is 0 Å². The molecule has 7 nitrogen and oxygen atoms in total. The van der Waals surface area contributed by atoms with Crippen molar-refractivity contribution in [2.45, 2.75) is 46.6 Å². The van der Waals surface area contributed by atoms with Crippen LogP contribution in [-0.4, -0.2) is 78.5 Å². The second-order valence-corrected chi connectivity index (χ2v) is 8.24. The normalized spacial score (nSPS) is 15.5. The standard InChI is InChI=1S/C19H34N6OS.HI/c1-5-16-13-22-18(27-16)7-8-21-19(20-6-2)25-11-9-24(10-12-25)14-17(26)23-15(3)4;/h13,15H,5-12,14H2,1-4H3,(H,20,21)(H,23,26);1H. The van der Waals surface area contributed by atoms with Gasteiger partial charge in [0.1, 0.15) is 0 Å². The smallest absolute Gasteiger partial charge is 0.234 e. The number of halogens is 1. The van der Waals surface area contributed by atoms with E-state index in [0.29, 0.717) is 6.54 Å². The third-order valence-electron chi connectivity index (χ3n) is 4.36. The van der Waals surface area contributed by atoms with Crippen LogP contribution < -0.4 is 10.6 Å². The first-order valence-corrected chi connectivity index (χ1v) is 10.8. The maximum Gasteiger partial charge on any atom is 0.234 e. The molecule has 160 valence electrons. The van der Waals surface area contributed by atoms with E-state index < -0.39 is 0 Å². The van der Waals surface area contributed by atoms with E-state index >= 15 is 0 Å². The van der Waals surface area contributed by atoms with E-state index in [0.717, 1.165) is 63.1 Å². The van der Waals surface area contributed by atoms with E-state index in [9.17, 15) is 4.79 Å². The Hall–Kier alpha value is -0.940. The molecule has 0 saturated carbocycles. The zero-order valence-electron chi connectivity index (χ0n) is 17.5. The molecule has 2 heterocycles. The van der Waals surface area contributed by atoms with E-state index in [1.165, 1.54) is 4.88 Å². The van der Waals surface area contributed by atoms with Crippen LogP contribution in [-0.2, 0) is 17.6 Å². The van der Waals surface area contributed by atoms with Crippen molar-refractivity contribution in [1.29, 1.82) is 0 Å². The lowest BCUT2D eigenvalue weighted by Gasteiger charge is -2.36. The molecule has 0 aromatic carbocycles. The molecule has 1 aromatic heterocycles. The Morgan fingerprint density at radius 1 is 1.29 bits per heavy atom. The minimum absolute atomic E-state index is 0. The number of hydrogen-bond acceptors (Lipinski definition) is 5. The molecule has 28 heavy (non-hydrogen) atoms. The van der Waals surface area contributed by atoms with Crippen LogP contribution in [0.5, 0.6) is 0 Å². The van der Waals surface area contributed by atoms with Gasteiger partial charge < -0.3 is 15.5 Å². The molecule has 9 heteroatoms. The number of carbonyl (C=O) groups excluding carboxylic acids is 1. The number of carbonyl (C=O) groups is 1. The van der Waals surface area contributed by atoms with E-state index in [1.807, 2.05) is 20.0 Å². The van der Waals surface area contributed by atoms with Gasteiger partial charge in [-0.25, -0.2) is 4.98 Å². The Morgan fingerprint density at radius 3 is 2.57 bits per heavy atom. The third-order valence-corrected chi connectivity index (χ3v) is 5.56. The molecule has 1 amide bonds. The van der Waals surface area contributed by atoms with Gasteiger partial charge in [0.05, 0.1) is 11.6 Å². The number of amides is 1. The molecule has 2 rings (SSSR count).